The number of nitrogens with zero attached hydrogens (tertiary/aromatic N) is 1. The molecule has 3 aromatic carbocycles. The van der Waals surface area contributed by atoms with E-state index in [0.717, 1.165) is 12.0 Å². The van der Waals surface area contributed by atoms with Crippen LogP contribution in [0.2, 0.25) is 0 Å². The van der Waals surface area contributed by atoms with Crippen molar-refractivity contribution in [3.63, 3.8) is 0 Å². The monoisotopic (exact) mass is 669 g/mol. The number of hydrogen-bond acceptors (Lipinski definition) is 8. The molecule has 0 radical (unpaired) electrons. The number of primary amides is 1. The standard InChI is InChI=1S/C34H43N5O7.ClH/c1-23-13-16-27(30(20-23)46-18-8-4-5-12-32(41)37-22-31(36)40)39(2)34(43)24-14-15-26(29(21-24)44-3)38-33(42)25-10-6-7-11-28(25)45-19-9-17-35;/h6-7,10-11,13-16,20-21H,4-5,8-9,12,17-19,22,35H2,1-3H3,(H2,36,40)(H,37,41)(H,38,42);1H. The van der Waals surface area contributed by atoms with E-state index < -0.39 is 5.91 Å². The summed E-state index contributed by atoms with van der Waals surface area (Å²) in [6.07, 6.45) is 3.04. The van der Waals surface area contributed by atoms with Crippen LogP contribution in [0.4, 0.5) is 11.4 Å². The summed E-state index contributed by atoms with van der Waals surface area (Å²) >= 11 is 0. The Morgan fingerprint density at radius 3 is 2.30 bits per heavy atom. The maximum Gasteiger partial charge on any atom is 0.259 e. The second kappa shape index (κ2) is 19.6. The zero-order valence-electron chi connectivity index (χ0n) is 27.0. The van der Waals surface area contributed by atoms with E-state index in [1.807, 2.05) is 25.1 Å². The van der Waals surface area contributed by atoms with E-state index in [2.05, 4.69) is 10.6 Å². The molecule has 13 heteroatoms. The number of carbonyl (C=O) groups excluding carboxylic acids is 4. The summed E-state index contributed by atoms with van der Waals surface area (Å²) in [5.41, 5.74) is 13.3. The van der Waals surface area contributed by atoms with Crippen molar-refractivity contribution >= 4 is 47.4 Å². The van der Waals surface area contributed by atoms with Gasteiger partial charge in [0.2, 0.25) is 11.8 Å². The first kappa shape index (κ1) is 38.4. The Morgan fingerprint density at radius 2 is 1.57 bits per heavy atom. The van der Waals surface area contributed by atoms with Crippen molar-refractivity contribution in [2.24, 2.45) is 11.5 Å². The van der Waals surface area contributed by atoms with E-state index in [9.17, 15) is 19.2 Å². The van der Waals surface area contributed by atoms with Crippen LogP contribution in [-0.4, -0.2) is 64.1 Å². The average molecular weight is 670 g/mol. The molecule has 47 heavy (non-hydrogen) atoms. The van der Waals surface area contributed by atoms with Gasteiger partial charge in [-0.1, -0.05) is 18.2 Å². The number of aryl methyl sites for hydroxylation is 1. The molecule has 0 aliphatic rings. The van der Waals surface area contributed by atoms with Crippen molar-refractivity contribution < 1.29 is 33.4 Å². The average Bonchev–Trinajstić information content (AvgIpc) is 3.05. The predicted molar refractivity (Wildman–Crippen MR) is 184 cm³/mol. The van der Waals surface area contributed by atoms with Crippen molar-refractivity contribution in [3.05, 3.63) is 77.4 Å². The van der Waals surface area contributed by atoms with Crippen LogP contribution in [0.15, 0.2) is 60.7 Å². The maximum atomic E-state index is 13.6. The van der Waals surface area contributed by atoms with Gasteiger partial charge < -0.3 is 41.2 Å². The first-order valence-corrected chi connectivity index (χ1v) is 15.1. The number of ether oxygens (including phenoxy) is 3. The first-order chi connectivity index (χ1) is 22.1. The molecule has 6 N–H and O–H groups in total. The third-order valence-corrected chi connectivity index (χ3v) is 6.98. The number of anilines is 2. The second-order valence-corrected chi connectivity index (χ2v) is 10.6. The summed E-state index contributed by atoms with van der Waals surface area (Å²) < 4.78 is 17.3. The molecule has 254 valence electrons. The molecule has 12 nitrogen and oxygen atoms in total. The van der Waals surface area contributed by atoms with Crippen molar-refractivity contribution in [2.45, 2.75) is 39.0 Å². The van der Waals surface area contributed by atoms with E-state index in [4.69, 9.17) is 25.7 Å². The topological polar surface area (TPSA) is 175 Å². The van der Waals surface area contributed by atoms with Gasteiger partial charge in [-0.2, -0.15) is 0 Å². The minimum atomic E-state index is -0.581. The van der Waals surface area contributed by atoms with Gasteiger partial charge in [-0.25, -0.2) is 0 Å². The minimum Gasteiger partial charge on any atom is -0.495 e. The summed E-state index contributed by atoms with van der Waals surface area (Å²) in [6, 6.07) is 17.3. The zero-order valence-corrected chi connectivity index (χ0v) is 27.8. The van der Waals surface area contributed by atoms with E-state index >= 15 is 0 Å². The van der Waals surface area contributed by atoms with Crippen molar-refractivity contribution in [2.75, 3.05) is 50.7 Å². The number of nitrogens with two attached hydrogens (primary N) is 2. The molecule has 0 atom stereocenters. The first-order valence-electron chi connectivity index (χ1n) is 15.1. The number of amides is 4. The number of rotatable bonds is 18. The number of nitrogens with one attached hydrogen (secondary N) is 2. The molecule has 0 aromatic heterocycles. The lowest BCUT2D eigenvalue weighted by molar-refractivity contribution is -0.124. The molecular weight excluding hydrogens is 626 g/mol. The number of methoxy groups -OCH3 is 1. The van der Waals surface area contributed by atoms with E-state index in [1.165, 1.54) is 12.0 Å². The second-order valence-electron chi connectivity index (χ2n) is 10.6. The van der Waals surface area contributed by atoms with E-state index in [1.54, 1.807) is 49.5 Å². The third-order valence-electron chi connectivity index (χ3n) is 6.98. The fourth-order valence-corrected chi connectivity index (χ4v) is 4.50. The van der Waals surface area contributed by atoms with Crippen LogP contribution in [0, 0.1) is 6.92 Å². The molecule has 4 amide bonds. The smallest absolute Gasteiger partial charge is 0.259 e. The molecule has 3 aromatic rings. The largest absolute Gasteiger partial charge is 0.495 e. The molecule has 0 spiro atoms. The summed E-state index contributed by atoms with van der Waals surface area (Å²) in [7, 11) is 3.13. The lowest BCUT2D eigenvalue weighted by Gasteiger charge is -2.22. The lowest BCUT2D eigenvalue weighted by atomic mass is 10.1. The Bertz CT molecular complexity index is 1520. The summed E-state index contributed by atoms with van der Waals surface area (Å²) in [5, 5.41) is 5.32. The molecule has 0 aliphatic carbocycles. The van der Waals surface area contributed by atoms with Crippen molar-refractivity contribution in [3.8, 4) is 17.2 Å². The quantitative estimate of drug-likeness (QED) is 0.146. The van der Waals surface area contributed by atoms with Gasteiger partial charge in [0.05, 0.1) is 43.8 Å². The molecule has 0 saturated carbocycles. The van der Waals surface area contributed by atoms with Crippen LogP contribution in [0.3, 0.4) is 0 Å². The summed E-state index contributed by atoms with van der Waals surface area (Å²) in [6.45, 7) is 3.04. The summed E-state index contributed by atoms with van der Waals surface area (Å²) in [5.74, 6) is -0.169. The fraction of sp³-hybridized carbons (Fsp3) is 0.353. The third kappa shape index (κ3) is 11.8. The fourth-order valence-electron chi connectivity index (χ4n) is 4.50. The number of benzene rings is 3. The van der Waals surface area contributed by atoms with Crippen LogP contribution in [0.5, 0.6) is 17.2 Å². The van der Waals surface area contributed by atoms with Gasteiger partial charge in [-0.3, -0.25) is 19.2 Å². The molecule has 0 saturated heterocycles. The van der Waals surface area contributed by atoms with Gasteiger partial charge in [0.1, 0.15) is 17.2 Å². The van der Waals surface area contributed by atoms with Gasteiger partial charge in [0.15, 0.2) is 0 Å². The number of halogens is 1. The molecule has 0 fully saturated rings. The number of unbranched alkanes of at least 4 members (excludes halogenated alkanes) is 2. The highest BCUT2D eigenvalue weighted by molar-refractivity contribution is 6.09. The van der Waals surface area contributed by atoms with Gasteiger partial charge in [0.25, 0.3) is 11.8 Å². The Labute approximate surface area is 281 Å². The maximum absolute atomic E-state index is 13.6. The highest BCUT2D eigenvalue weighted by Crippen LogP contribution is 2.32. The highest BCUT2D eigenvalue weighted by Gasteiger charge is 2.21. The van der Waals surface area contributed by atoms with Crippen LogP contribution in [0.25, 0.3) is 0 Å². The molecule has 0 bridgehead atoms. The number of hydrogen-bond donors (Lipinski definition) is 4. The highest BCUT2D eigenvalue weighted by atomic mass is 35.5. The summed E-state index contributed by atoms with van der Waals surface area (Å²) in [4.78, 5) is 50.7. The molecule has 0 aliphatic heterocycles. The molecule has 0 unspecified atom stereocenters. The lowest BCUT2D eigenvalue weighted by Crippen LogP contribution is -2.33. The minimum absolute atomic E-state index is 0. The Hall–Kier alpha value is -4.81. The Balaban J connectivity index is 0.00000768. The van der Waals surface area contributed by atoms with E-state index in [-0.39, 0.29) is 36.7 Å². The van der Waals surface area contributed by atoms with Gasteiger partial charge in [-0.05, 0) is 87.2 Å². The van der Waals surface area contributed by atoms with E-state index in [0.29, 0.717) is 85.2 Å². The van der Waals surface area contributed by atoms with Gasteiger partial charge in [-0.15, -0.1) is 12.4 Å². The van der Waals surface area contributed by atoms with Crippen LogP contribution in [0.1, 0.15) is 58.4 Å². The normalized spacial score (nSPS) is 10.3. The SMILES string of the molecule is COc1cc(C(=O)N(C)c2ccc(C)cc2OCCCCCC(=O)NCC(N)=O)ccc1NC(=O)c1ccccc1OCCCN.Cl. The number of para-hydroxylation sites is 1. The van der Waals surface area contributed by atoms with Crippen LogP contribution < -0.4 is 41.2 Å². The van der Waals surface area contributed by atoms with Crippen molar-refractivity contribution in [1.29, 1.82) is 0 Å². The molecule has 0 heterocycles. The zero-order chi connectivity index (χ0) is 33.5. The van der Waals surface area contributed by atoms with Crippen molar-refractivity contribution in [1.82, 2.24) is 5.32 Å². The van der Waals surface area contributed by atoms with Crippen LogP contribution in [-0.2, 0) is 9.59 Å². The number of carbonyl (C=O) groups is 4. The molecule has 3 rings (SSSR count). The molecular formula is C34H44ClN5O7. The van der Waals surface area contributed by atoms with Crippen LogP contribution >= 0.6 is 12.4 Å². The van der Waals surface area contributed by atoms with Gasteiger partial charge in [0, 0.05) is 19.0 Å². The van der Waals surface area contributed by atoms with Gasteiger partial charge >= 0.3 is 0 Å². The Morgan fingerprint density at radius 1 is 0.851 bits per heavy atom. The Kier molecular flexibility index (Phi) is 16.0. The predicted octanol–water partition coefficient (Wildman–Crippen LogP) is 4.22.